The molecule has 24 heavy (non-hydrogen) atoms. The summed E-state index contributed by atoms with van der Waals surface area (Å²) in [5.74, 6) is -0.171. The minimum atomic E-state index is -3.23. The first kappa shape index (κ1) is 23.2. The summed E-state index contributed by atoms with van der Waals surface area (Å²) < 4.78 is 46.2. The minimum absolute atomic E-state index is 0.0288. The van der Waals surface area contributed by atoms with E-state index in [4.69, 9.17) is 18.9 Å². The van der Waals surface area contributed by atoms with E-state index in [1.165, 1.54) is 0 Å². The van der Waals surface area contributed by atoms with Gasteiger partial charge in [-0.1, -0.05) is 0 Å². The van der Waals surface area contributed by atoms with Crippen molar-refractivity contribution in [3.05, 3.63) is 0 Å². The monoisotopic (exact) mass is 370 g/mol. The highest BCUT2D eigenvalue weighted by Gasteiger charge is 2.13. The Morgan fingerprint density at radius 1 is 0.875 bits per heavy atom. The van der Waals surface area contributed by atoms with E-state index in [9.17, 15) is 13.2 Å². The van der Waals surface area contributed by atoms with Crippen LogP contribution in [0.5, 0.6) is 0 Å². The maximum absolute atomic E-state index is 11.4. The Kier molecular flexibility index (Phi) is 14.1. The maximum atomic E-state index is 11.4. The normalized spacial score (nSPS) is 11.8. The molecule has 1 amide bonds. The van der Waals surface area contributed by atoms with Gasteiger partial charge in [-0.15, -0.1) is 0 Å². The van der Waals surface area contributed by atoms with Crippen LogP contribution in [0.3, 0.4) is 0 Å². The van der Waals surface area contributed by atoms with Gasteiger partial charge in [0, 0.05) is 13.6 Å². The first-order valence-corrected chi connectivity index (χ1v) is 9.44. The SMILES string of the molecule is CNC(=O)COCCOCCOCCOCCNS(=O)(=O)C(C)C. The van der Waals surface area contributed by atoms with E-state index in [1.54, 1.807) is 20.9 Å². The number of sulfonamides is 1. The zero-order valence-electron chi connectivity index (χ0n) is 14.7. The third-order valence-electron chi connectivity index (χ3n) is 2.80. The van der Waals surface area contributed by atoms with Crippen molar-refractivity contribution in [1.29, 1.82) is 0 Å². The van der Waals surface area contributed by atoms with Gasteiger partial charge in [0.05, 0.1) is 51.5 Å². The molecule has 0 aromatic rings. The molecule has 0 unspecified atom stereocenters. The Hall–Kier alpha value is -0.780. The number of likely N-dealkylation sites (N-methyl/N-ethyl adjacent to an activating group) is 1. The van der Waals surface area contributed by atoms with Crippen LogP contribution in [0.1, 0.15) is 13.8 Å². The molecule has 144 valence electrons. The Balaban J connectivity index is 3.22. The molecule has 0 atom stereocenters. The van der Waals surface area contributed by atoms with Gasteiger partial charge in [-0.25, -0.2) is 13.1 Å². The second kappa shape index (κ2) is 14.6. The van der Waals surface area contributed by atoms with Gasteiger partial charge in [0.1, 0.15) is 6.61 Å². The first-order valence-electron chi connectivity index (χ1n) is 7.90. The van der Waals surface area contributed by atoms with Gasteiger partial charge >= 0.3 is 0 Å². The van der Waals surface area contributed by atoms with E-state index in [1.807, 2.05) is 0 Å². The zero-order valence-corrected chi connectivity index (χ0v) is 15.5. The molecule has 0 heterocycles. The topological polar surface area (TPSA) is 112 Å². The Morgan fingerprint density at radius 3 is 1.79 bits per heavy atom. The fraction of sp³-hybridized carbons (Fsp3) is 0.929. The molecule has 0 bridgehead atoms. The van der Waals surface area contributed by atoms with Crippen LogP contribution in [-0.4, -0.2) is 86.0 Å². The van der Waals surface area contributed by atoms with Crippen LogP contribution in [0.25, 0.3) is 0 Å². The molecule has 0 radical (unpaired) electrons. The van der Waals surface area contributed by atoms with Crippen molar-refractivity contribution in [3.8, 4) is 0 Å². The van der Waals surface area contributed by atoms with Gasteiger partial charge in [0.25, 0.3) is 0 Å². The standard InChI is InChI=1S/C14H30N2O7S/c1-13(2)24(18,19)16-4-5-20-6-7-21-8-9-22-10-11-23-12-14(17)15-3/h13,16H,4-12H2,1-3H3,(H,15,17). The van der Waals surface area contributed by atoms with Crippen molar-refractivity contribution in [3.63, 3.8) is 0 Å². The fourth-order valence-corrected chi connectivity index (χ4v) is 2.02. The smallest absolute Gasteiger partial charge is 0.245 e. The summed E-state index contributed by atoms with van der Waals surface area (Å²) in [6, 6.07) is 0. The van der Waals surface area contributed by atoms with Crippen LogP contribution >= 0.6 is 0 Å². The third-order valence-corrected chi connectivity index (χ3v) is 4.65. The molecule has 0 spiro atoms. The molecule has 0 fully saturated rings. The molecule has 0 aromatic heterocycles. The lowest BCUT2D eigenvalue weighted by atomic mass is 10.6. The number of ether oxygens (including phenoxy) is 4. The van der Waals surface area contributed by atoms with Crippen LogP contribution in [-0.2, 0) is 33.8 Å². The van der Waals surface area contributed by atoms with Crippen molar-refractivity contribution in [2.75, 3.05) is 66.4 Å². The quantitative estimate of drug-likeness (QED) is 0.340. The summed E-state index contributed by atoms with van der Waals surface area (Å²) >= 11 is 0. The zero-order chi connectivity index (χ0) is 18.3. The number of amides is 1. The summed E-state index contributed by atoms with van der Waals surface area (Å²) in [6.45, 7) is 6.22. The molecule has 0 aliphatic rings. The molecule has 2 N–H and O–H groups in total. The third kappa shape index (κ3) is 13.6. The van der Waals surface area contributed by atoms with Crippen LogP contribution in [0.4, 0.5) is 0 Å². The van der Waals surface area contributed by atoms with Gasteiger partial charge in [-0.05, 0) is 13.8 Å². The van der Waals surface area contributed by atoms with E-state index < -0.39 is 15.3 Å². The van der Waals surface area contributed by atoms with Crippen molar-refractivity contribution >= 4 is 15.9 Å². The number of rotatable bonds is 16. The van der Waals surface area contributed by atoms with Gasteiger partial charge in [-0.3, -0.25) is 4.79 Å². The second-order valence-corrected chi connectivity index (χ2v) is 7.37. The molecule has 0 aliphatic carbocycles. The highest BCUT2D eigenvalue weighted by Crippen LogP contribution is 1.94. The van der Waals surface area contributed by atoms with Crippen LogP contribution in [0.2, 0.25) is 0 Å². The Morgan fingerprint density at radius 2 is 1.33 bits per heavy atom. The van der Waals surface area contributed by atoms with E-state index >= 15 is 0 Å². The molecule has 0 saturated heterocycles. The van der Waals surface area contributed by atoms with Crippen molar-refractivity contribution in [2.24, 2.45) is 0 Å². The van der Waals surface area contributed by atoms with Crippen LogP contribution in [0.15, 0.2) is 0 Å². The molecular weight excluding hydrogens is 340 g/mol. The predicted octanol–water partition coefficient (Wildman–Crippen LogP) is -0.873. The minimum Gasteiger partial charge on any atom is -0.378 e. The molecule has 9 nitrogen and oxygen atoms in total. The fourth-order valence-electron chi connectivity index (χ4n) is 1.32. The molecule has 0 rings (SSSR count). The van der Waals surface area contributed by atoms with Gasteiger partial charge in [0.15, 0.2) is 0 Å². The summed E-state index contributed by atoms with van der Waals surface area (Å²) in [6.07, 6.45) is 0. The summed E-state index contributed by atoms with van der Waals surface area (Å²) in [4.78, 5) is 10.8. The van der Waals surface area contributed by atoms with Crippen molar-refractivity contribution < 1.29 is 32.2 Å². The lowest BCUT2D eigenvalue weighted by Crippen LogP contribution is -2.33. The number of carbonyl (C=O) groups is 1. The number of nitrogens with one attached hydrogen (secondary N) is 2. The largest absolute Gasteiger partial charge is 0.378 e. The first-order chi connectivity index (χ1) is 11.4. The number of carbonyl (C=O) groups excluding carboxylic acids is 1. The summed E-state index contributed by atoms with van der Waals surface area (Å²) in [5, 5.41) is 2.00. The van der Waals surface area contributed by atoms with Crippen LogP contribution in [0, 0.1) is 0 Å². The number of hydrogen-bond acceptors (Lipinski definition) is 7. The molecule has 0 aromatic carbocycles. The van der Waals surface area contributed by atoms with Gasteiger partial charge in [-0.2, -0.15) is 0 Å². The number of hydrogen-bond donors (Lipinski definition) is 2. The van der Waals surface area contributed by atoms with E-state index in [2.05, 4.69) is 10.0 Å². The predicted molar refractivity (Wildman–Crippen MR) is 89.4 cm³/mol. The molecule has 0 saturated carbocycles. The molecule has 10 heteroatoms. The summed E-state index contributed by atoms with van der Waals surface area (Å²) in [5.41, 5.74) is 0. The highest BCUT2D eigenvalue weighted by molar-refractivity contribution is 7.90. The van der Waals surface area contributed by atoms with E-state index in [0.29, 0.717) is 46.2 Å². The lowest BCUT2D eigenvalue weighted by Gasteiger charge is -2.10. The Bertz CT molecular complexity index is 415. The summed E-state index contributed by atoms with van der Waals surface area (Å²) in [7, 11) is -1.68. The molecule has 0 aliphatic heterocycles. The van der Waals surface area contributed by atoms with Crippen molar-refractivity contribution in [1.82, 2.24) is 10.0 Å². The lowest BCUT2D eigenvalue weighted by molar-refractivity contribution is -0.125. The highest BCUT2D eigenvalue weighted by atomic mass is 32.2. The Labute approximate surface area is 144 Å². The molecular formula is C14H30N2O7S. The van der Waals surface area contributed by atoms with Gasteiger partial charge in [0.2, 0.25) is 15.9 Å². The maximum Gasteiger partial charge on any atom is 0.245 e. The van der Waals surface area contributed by atoms with Crippen LogP contribution < -0.4 is 10.0 Å². The van der Waals surface area contributed by atoms with Gasteiger partial charge < -0.3 is 24.3 Å². The average molecular weight is 370 g/mol. The van der Waals surface area contributed by atoms with E-state index in [0.717, 1.165) is 0 Å². The van der Waals surface area contributed by atoms with Crippen molar-refractivity contribution in [2.45, 2.75) is 19.1 Å². The average Bonchev–Trinajstić information content (AvgIpc) is 2.54. The van der Waals surface area contributed by atoms with E-state index in [-0.39, 0.29) is 19.1 Å². The second-order valence-electron chi connectivity index (χ2n) is 5.05.